The smallest absolute Gasteiger partial charge is 0.330 e. The number of pyridine rings is 1. The number of hydrogen-bond acceptors (Lipinski definition) is 3. The van der Waals surface area contributed by atoms with E-state index in [-0.39, 0.29) is 5.69 Å². The van der Waals surface area contributed by atoms with E-state index in [1.54, 1.807) is 10.6 Å². The van der Waals surface area contributed by atoms with E-state index in [0.29, 0.717) is 18.7 Å². The third-order valence-corrected chi connectivity index (χ3v) is 2.56. The summed E-state index contributed by atoms with van der Waals surface area (Å²) in [5.74, 6) is 0. The van der Waals surface area contributed by atoms with Crippen LogP contribution in [0.4, 0.5) is 0 Å². The Balaban J connectivity index is 2.13. The maximum absolute atomic E-state index is 11.8. The molecule has 5 nitrogen and oxygen atoms in total. The second-order valence-electron chi connectivity index (χ2n) is 3.78. The normalized spacial score (nSPS) is 11.1. The molecule has 0 radical (unpaired) electrons. The molecule has 5 heteroatoms. The van der Waals surface area contributed by atoms with Crippen molar-refractivity contribution in [1.82, 2.24) is 14.2 Å². The van der Waals surface area contributed by atoms with E-state index in [4.69, 9.17) is 5.73 Å². The zero-order valence-electron chi connectivity index (χ0n) is 9.17. The van der Waals surface area contributed by atoms with Crippen molar-refractivity contribution in [2.24, 2.45) is 5.73 Å². The second-order valence-corrected chi connectivity index (χ2v) is 3.78. The standard InChI is InChI=1S/C11H16N4O/c12-7-3-1-4-9-15-11(16)14-8-5-2-6-10(14)13-15/h2,5-6,8H,1,3-4,7,9,12H2. The second kappa shape index (κ2) is 4.94. The van der Waals surface area contributed by atoms with E-state index in [1.165, 1.54) is 4.68 Å². The molecule has 0 amide bonds. The first-order valence-corrected chi connectivity index (χ1v) is 5.57. The molecule has 0 fully saturated rings. The summed E-state index contributed by atoms with van der Waals surface area (Å²) in [4.78, 5) is 11.8. The molecule has 2 N–H and O–H groups in total. The zero-order valence-corrected chi connectivity index (χ0v) is 9.17. The van der Waals surface area contributed by atoms with E-state index in [0.717, 1.165) is 19.3 Å². The largest absolute Gasteiger partial charge is 0.350 e. The number of aromatic nitrogens is 3. The lowest BCUT2D eigenvalue weighted by Gasteiger charge is -1.98. The number of aryl methyl sites for hydroxylation is 1. The lowest BCUT2D eigenvalue weighted by molar-refractivity contribution is 0.533. The molecule has 0 unspecified atom stereocenters. The third kappa shape index (κ3) is 2.14. The summed E-state index contributed by atoms with van der Waals surface area (Å²) in [5.41, 5.74) is 6.04. The molecule has 0 bridgehead atoms. The Hall–Kier alpha value is -1.62. The summed E-state index contributed by atoms with van der Waals surface area (Å²) in [7, 11) is 0. The Morgan fingerprint density at radius 2 is 2.12 bits per heavy atom. The van der Waals surface area contributed by atoms with Gasteiger partial charge in [0.25, 0.3) is 0 Å². The van der Waals surface area contributed by atoms with Gasteiger partial charge in [0.05, 0.1) is 0 Å². The SMILES string of the molecule is NCCCCCn1nc2ccccn2c1=O. The maximum Gasteiger partial charge on any atom is 0.350 e. The molecule has 0 saturated heterocycles. The summed E-state index contributed by atoms with van der Waals surface area (Å²) in [6.45, 7) is 1.38. The van der Waals surface area contributed by atoms with Crippen LogP contribution in [0, 0.1) is 0 Å². The van der Waals surface area contributed by atoms with Crippen molar-refractivity contribution in [2.75, 3.05) is 6.54 Å². The highest BCUT2D eigenvalue weighted by molar-refractivity contribution is 5.35. The molecule has 0 aliphatic carbocycles. The summed E-state index contributed by atoms with van der Waals surface area (Å²) in [5, 5.41) is 4.25. The molecule has 0 aromatic carbocycles. The summed E-state index contributed by atoms with van der Waals surface area (Å²) >= 11 is 0. The van der Waals surface area contributed by atoms with Crippen molar-refractivity contribution in [2.45, 2.75) is 25.8 Å². The van der Waals surface area contributed by atoms with Gasteiger partial charge in [0, 0.05) is 12.7 Å². The van der Waals surface area contributed by atoms with Crippen LogP contribution in [0.25, 0.3) is 5.65 Å². The fourth-order valence-electron chi connectivity index (χ4n) is 1.70. The van der Waals surface area contributed by atoms with Crippen molar-refractivity contribution in [3.63, 3.8) is 0 Å². The average Bonchev–Trinajstić information content (AvgIpc) is 2.63. The van der Waals surface area contributed by atoms with E-state index >= 15 is 0 Å². The molecule has 2 aromatic heterocycles. The summed E-state index contributed by atoms with van der Waals surface area (Å²) < 4.78 is 3.08. The Morgan fingerprint density at radius 1 is 1.25 bits per heavy atom. The highest BCUT2D eigenvalue weighted by atomic mass is 16.2. The molecular formula is C11H16N4O. The Labute approximate surface area is 93.5 Å². The lowest BCUT2D eigenvalue weighted by Crippen LogP contribution is -2.21. The molecule has 2 rings (SSSR count). The van der Waals surface area contributed by atoms with Gasteiger partial charge in [-0.1, -0.05) is 12.5 Å². The minimum absolute atomic E-state index is 0.0663. The number of fused-ring (bicyclic) bond motifs is 1. The van der Waals surface area contributed by atoms with Crippen molar-refractivity contribution in [3.8, 4) is 0 Å². The van der Waals surface area contributed by atoms with Crippen molar-refractivity contribution in [3.05, 3.63) is 34.9 Å². The average molecular weight is 220 g/mol. The summed E-state index contributed by atoms with van der Waals surface area (Å²) in [6, 6.07) is 5.53. The van der Waals surface area contributed by atoms with Gasteiger partial charge in [0.2, 0.25) is 0 Å². The van der Waals surface area contributed by atoms with Gasteiger partial charge < -0.3 is 5.73 Å². The quantitative estimate of drug-likeness (QED) is 0.751. The van der Waals surface area contributed by atoms with Crippen molar-refractivity contribution >= 4 is 5.65 Å². The fraction of sp³-hybridized carbons (Fsp3) is 0.455. The molecule has 0 saturated carbocycles. The predicted molar refractivity (Wildman–Crippen MR) is 62.4 cm³/mol. The molecule has 0 atom stereocenters. The van der Waals surface area contributed by atoms with Gasteiger partial charge in [-0.25, -0.2) is 9.48 Å². The predicted octanol–water partition coefficient (Wildman–Crippen LogP) is 0.625. The molecule has 0 spiro atoms. The molecule has 2 heterocycles. The van der Waals surface area contributed by atoms with E-state index in [9.17, 15) is 4.79 Å². The van der Waals surface area contributed by atoms with Crippen LogP contribution < -0.4 is 11.4 Å². The van der Waals surface area contributed by atoms with Gasteiger partial charge in [-0.2, -0.15) is 0 Å². The Morgan fingerprint density at radius 3 is 2.88 bits per heavy atom. The monoisotopic (exact) mass is 220 g/mol. The highest BCUT2D eigenvalue weighted by Crippen LogP contribution is 1.98. The molecule has 0 aliphatic heterocycles. The van der Waals surface area contributed by atoms with Gasteiger partial charge in [-0.15, -0.1) is 5.10 Å². The van der Waals surface area contributed by atoms with Crippen molar-refractivity contribution < 1.29 is 0 Å². The maximum atomic E-state index is 11.8. The molecular weight excluding hydrogens is 204 g/mol. The lowest BCUT2D eigenvalue weighted by atomic mass is 10.2. The van der Waals surface area contributed by atoms with Crippen LogP contribution in [-0.2, 0) is 6.54 Å². The zero-order chi connectivity index (χ0) is 11.4. The third-order valence-electron chi connectivity index (χ3n) is 2.56. The Kier molecular flexibility index (Phi) is 3.36. The number of hydrogen-bond donors (Lipinski definition) is 1. The van der Waals surface area contributed by atoms with Gasteiger partial charge in [0.1, 0.15) is 0 Å². The van der Waals surface area contributed by atoms with Crippen LogP contribution in [0.2, 0.25) is 0 Å². The molecule has 86 valence electrons. The van der Waals surface area contributed by atoms with E-state index in [2.05, 4.69) is 5.10 Å². The van der Waals surface area contributed by atoms with Gasteiger partial charge in [-0.3, -0.25) is 4.40 Å². The first-order chi connectivity index (χ1) is 7.83. The Bertz CT molecular complexity index is 514. The van der Waals surface area contributed by atoms with Crippen LogP contribution in [0.5, 0.6) is 0 Å². The molecule has 0 aliphatic rings. The molecule has 2 aromatic rings. The highest BCUT2D eigenvalue weighted by Gasteiger charge is 2.04. The van der Waals surface area contributed by atoms with E-state index < -0.39 is 0 Å². The van der Waals surface area contributed by atoms with Crippen LogP contribution in [0.1, 0.15) is 19.3 Å². The topological polar surface area (TPSA) is 65.3 Å². The van der Waals surface area contributed by atoms with Crippen LogP contribution >= 0.6 is 0 Å². The number of rotatable bonds is 5. The first kappa shape index (κ1) is 10.9. The number of unbranched alkanes of at least 4 members (excludes halogenated alkanes) is 2. The number of nitrogens with two attached hydrogens (primary N) is 1. The van der Waals surface area contributed by atoms with Gasteiger partial charge >= 0.3 is 5.69 Å². The van der Waals surface area contributed by atoms with Gasteiger partial charge in [-0.05, 0) is 31.5 Å². The minimum atomic E-state index is -0.0663. The van der Waals surface area contributed by atoms with E-state index in [1.807, 2.05) is 18.2 Å². The van der Waals surface area contributed by atoms with Gasteiger partial charge in [0.15, 0.2) is 5.65 Å². The van der Waals surface area contributed by atoms with Crippen LogP contribution in [0.15, 0.2) is 29.2 Å². The minimum Gasteiger partial charge on any atom is -0.330 e. The van der Waals surface area contributed by atoms with Crippen LogP contribution in [-0.4, -0.2) is 20.7 Å². The fourth-order valence-corrected chi connectivity index (χ4v) is 1.70. The first-order valence-electron chi connectivity index (χ1n) is 5.57. The molecule has 16 heavy (non-hydrogen) atoms. The van der Waals surface area contributed by atoms with Crippen LogP contribution in [0.3, 0.4) is 0 Å². The number of nitrogens with zero attached hydrogens (tertiary/aromatic N) is 3. The summed E-state index contributed by atoms with van der Waals surface area (Å²) in [6.07, 6.45) is 4.72. The van der Waals surface area contributed by atoms with Crippen molar-refractivity contribution in [1.29, 1.82) is 0 Å².